The van der Waals surface area contributed by atoms with Crippen LogP contribution in [0.4, 0.5) is 11.8 Å². The normalized spacial score (nSPS) is 10.2. The van der Waals surface area contributed by atoms with Gasteiger partial charge in [-0.3, -0.25) is 0 Å². The summed E-state index contributed by atoms with van der Waals surface area (Å²) in [6, 6.07) is 1.57. The molecule has 0 saturated heterocycles. The summed E-state index contributed by atoms with van der Waals surface area (Å²) in [6.07, 6.45) is 3.27. The van der Waals surface area contributed by atoms with Crippen LogP contribution in [0, 0.1) is 6.92 Å². The number of hydrogen-bond donors (Lipinski definition) is 2. The number of rotatable bonds is 0. The molecule has 0 aliphatic carbocycles. The monoisotopic (exact) mass is 288 g/mol. The Balaban J connectivity index is 0.000000161. The van der Waals surface area contributed by atoms with Crippen LogP contribution in [0.1, 0.15) is 5.69 Å². The lowest BCUT2D eigenvalue weighted by atomic mass is 10.4. The van der Waals surface area contributed by atoms with E-state index in [9.17, 15) is 4.79 Å². The van der Waals surface area contributed by atoms with Gasteiger partial charge in [0.1, 0.15) is 11.3 Å². The molecule has 0 radical (unpaired) electrons. The van der Waals surface area contributed by atoms with Crippen molar-refractivity contribution in [2.45, 2.75) is 6.92 Å². The summed E-state index contributed by atoms with van der Waals surface area (Å²) >= 11 is 0. The highest BCUT2D eigenvalue weighted by atomic mass is 16.1. The van der Waals surface area contributed by atoms with Gasteiger partial charge in [0.25, 0.3) is 0 Å². The number of nitrogens with two attached hydrogens (primary N) is 2. The third-order valence-corrected chi connectivity index (χ3v) is 2.75. The minimum atomic E-state index is -0.324. The maximum absolute atomic E-state index is 10.6. The molecule has 3 aromatic heterocycles. The SMILES string of the molecule is Cc1nc(N)nc2c1ncn2C.Cn1ccc(N)nc1=O. The van der Waals surface area contributed by atoms with E-state index < -0.39 is 0 Å². The maximum Gasteiger partial charge on any atom is 0.349 e. The summed E-state index contributed by atoms with van der Waals surface area (Å²) in [7, 11) is 3.50. The molecule has 0 saturated carbocycles. The molecule has 9 nitrogen and oxygen atoms in total. The lowest BCUT2D eigenvalue weighted by molar-refractivity contribution is 0.814. The molecule has 0 fully saturated rings. The van der Waals surface area contributed by atoms with Gasteiger partial charge in [-0.05, 0) is 13.0 Å². The van der Waals surface area contributed by atoms with Crippen molar-refractivity contribution in [2.24, 2.45) is 14.1 Å². The lowest BCUT2D eigenvalue weighted by Gasteiger charge is -1.97. The number of nitrogen functional groups attached to an aromatic ring is 2. The van der Waals surface area contributed by atoms with Crippen LogP contribution in [0.15, 0.2) is 23.4 Å². The first-order chi connectivity index (χ1) is 9.88. The van der Waals surface area contributed by atoms with Gasteiger partial charge >= 0.3 is 5.69 Å². The van der Waals surface area contributed by atoms with E-state index in [0.717, 1.165) is 16.9 Å². The molecule has 0 aliphatic rings. The second kappa shape index (κ2) is 5.57. The molecule has 0 atom stereocenters. The fourth-order valence-corrected chi connectivity index (χ4v) is 1.65. The van der Waals surface area contributed by atoms with E-state index in [1.54, 1.807) is 25.6 Å². The van der Waals surface area contributed by atoms with E-state index in [0.29, 0.717) is 5.95 Å². The number of anilines is 2. The van der Waals surface area contributed by atoms with Crippen LogP contribution in [0.3, 0.4) is 0 Å². The van der Waals surface area contributed by atoms with E-state index >= 15 is 0 Å². The van der Waals surface area contributed by atoms with Crippen molar-refractivity contribution in [1.82, 2.24) is 29.1 Å². The molecule has 0 amide bonds. The molecular formula is C12H16N8O. The standard InChI is InChI=1S/C7H9N5.C5H7N3O/c1-4-5-6(11-7(8)10-4)12(2)3-9-5;1-8-3-2-4(6)7-5(8)9/h3H,1-2H3,(H2,8,10,11);2-3H,1H3,(H2,6,7,9). The predicted octanol–water partition coefficient (Wildman–Crippen LogP) is -0.384. The van der Waals surface area contributed by atoms with Gasteiger partial charge in [0.15, 0.2) is 5.65 Å². The highest BCUT2D eigenvalue weighted by Crippen LogP contribution is 2.12. The van der Waals surface area contributed by atoms with E-state index in [2.05, 4.69) is 19.9 Å². The summed E-state index contributed by atoms with van der Waals surface area (Å²) in [5.41, 5.74) is 12.8. The highest BCUT2D eigenvalue weighted by molar-refractivity contribution is 5.74. The average molecular weight is 288 g/mol. The molecule has 4 N–H and O–H groups in total. The fourth-order valence-electron chi connectivity index (χ4n) is 1.65. The van der Waals surface area contributed by atoms with Gasteiger partial charge in [-0.25, -0.2) is 14.8 Å². The molecular weight excluding hydrogens is 272 g/mol. The van der Waals surface area contributed by atoms with Crippen molar-refractivity contribution in [3.05, 3.63) is 34.8 Å². The number of fused-ring (bicyclic) bond motifs is 1. The van der Waals surface area contributed by atoms with Crippen molar-refractivity contribution < 1.29 is 0 Å². The summed E-state index contributed by atoms with van der Waals surface area (Å²) in [5.74, 6) is 0.557. The summed E-state index contributed by atoms with van der Waals surface area (Å²) < 4.78 is 3.18. The first-order valence-electron chi connectivity index (χ1n) is 6.08. The number of aryl methyl sites for hydroxylation is 3. The molecule has 3 aromatic rings. The number of hydrogen-bond acceptors (Lipinski definition) is 7. The van der Waals surface area contributed by atoms with Crippen molar-refractivity contribution >= 4 is 22.9 Å². The second-order valence-corrected chi connectivity index (χ2v) is 4.44. The third-order valence-electron chi connectivity index (χ3n) is 2.75. The van der Waals surface area contributed by atoms with Crippen molar-refractivity contribution in [1.29, 1.82) is 0 Å². The van der Waals surface area contributed by atoms with Gasteiger partial charge < -0.3 is 20.6 Å². The molecule has 0 bridgehead atoms. The Kier molecular flexibility index (Phi) is 3.83. The molecule has 3 heterocycles. The molecule has 0 unspecified atom stereocenters. The largest absolute Gasteiger partial charge is 0.383 e. The zero-order chi connectivity index (χ0) is 15.6. The van der Waals surface area contributed by atoms with E-state index in [1.165, 1.54) is 4.57 Å². The minimum Gasteiger partial charge on any atom is -0.383 e. The maximum atomic E-state index is 10.6. The van der Waals surface area contributed by atoms with Gasteiger partial charge in [-0.15, -0.1) is 0 Å². The zero-order valence-corrected chi connectivity index (χ0v) is 12.0. The average Bonchev–Trinajstić information content (AvgIpc) is 2.77. The quantitative estimate of drug-likeness (QED) is 0.576. The highest BCUT2D eigenvalue weighted by Gasteiger charge is 2.05. The molecule has 0 aromatic carbocycles. The number of imidazole rings is 1. The topological polar surface area (TPSA) is 131 Å². The van der Waals surface area contributed by atoms with Crippen LogP contribution in [-0.4, -0.2) is 29.1 Å². The number of aromatic nitrogens is 6. The van der Waals surface area contributed by atoms with Crippen LogP contribution >= 0.6 is 0 Å². The Morgan fingerprint density at radius 2 is 1.81 bits per heavy atom. The number of nitrogens with zero attached hydrogens (tertiary/aromatic N) is 6. The van der Waals surface area contributed by atoms with Gasteiger partial charge in [0, 0.05) is 20.3 Å². The Labute approximate surface area is 120 Å². The Bertz CT molecular complexity index is 835. The minimum absolute atomic E-state index is 0.262. The van der Waals surface area contributed by atoms with Gasteiger partial charge in [0.05, 0.1) is 12.0 Å². The third kappa shape index (κ3) is 3.14. The molecule has 0 spiro atoms. The van der Waals surface area contributed by atoms with Gasteiger partial charge in [-0.2, -0.15) is 9.97 Å². The van der Waals surface area contributed by atoms with Crippen molar-refractivity contribution in [3.8, 4) is 0 Å². The molecule has 9 heteroatoms. The molecule has 110 valence electrons. The molecule has 0 aliphatic heterocycles. The summed E-state index contributed by atoms with van der Waals surface area (Å²) in [6.45, 7) is 1.87. The fraction of sp³-hybridized carbons (Fsp3) is 0.250. The van der Waals surface area contributed by atoms with Crippen molar-refractivity contribution in [3.63, 3.8) is 0 Å². The van der Waals surface area contributed by atoms with E-state index in [-0.39, 0.29) is 11.5 Å². The van der Waals surface area contributed by atoms with Crippen LogP contribution in [-0.2, 0) is 14.1 Å². The van der Waals surface area contributed by atoms with Crippen LogP contribution in [0.5, 0.6) is 0 Å². The predicted molar refractivity (Wildman–Crippen MR) is 79.3 cm³/mol. The summed E-state index contributed by atoms with van der Waals surface area (Å²) in [5, 5.41) is 0. The van der Waals surface area contributed by atoms with Crippen LogP contribution in [0.2, 0.25) is 0 Å². The lowest BCUT2D eigenvalue weighted by Crippen LogP contribution is -2.19. The Morgan fingerprint density at radius 1 is 1.10 bits per heavy atom. The van der Waals surface area contributed by atoms with Crippen molar-refractivity contribution in [2.75, 3.05) is 11.5 Å². The smallest absolute Gasteiger partial charge is 0.349 e. The van der Waals surface area contributed by atoms with E-state index in [1.807, 2.05) is 18.5 Å². The van der Waals surface area contributed by atoms with Gasteiger partial charge in [-0.1, -0.05) is 0 Å². The molecule has 21 heavy (non-hydrogen) atoms. The first-order valence-corrected chi connectivity index (χ1v) is 6.08. The second-order valence-electron chi connectivity index (χ2n) is 4.44. The zero-order valence-electron chi connectivity index (χ0n) is 12.0. The first kappa shape index (κ1) is 14.4. The van der Waals surface area contributed by atoms with Crippen LogP contribution in [0.25, 0.3) is 11.2 Å². The molecule has 3 rings (SSSR count). The van der Waals surface area contributed by atoms with E-state index in [4.69, 9.17) is 11.5 Å². The Morgan fingerprint density at radius 3 is 2.43 bits per heavy atom. The Hall–Kier alpha value is -2.97. The van der Waals surface area contributed by atoms with Crippen LogP contribution < -0.4 is 17.2 Å². The summed E-state index contributed by atoms with van der Waals surface area (Å²) in [4.78, 5) is 26.3. The van der Waals surface area contributed by atoms with Gasteiger partial charge in [0.2, 0.25) is 5.95 Å².